The molecule has 0 radical (unpaired) electrons. The van der Waals surface area contributed by atoms with Crippen molar-refractivity contribution >= 4 is 29.3 Å². The highest BCUT2D eigenvalue weighted by molar-refractivity contribution is 6.32. The number of hydrogen-bond acceptors (Lipinski definition) is 5. The molecule has 17 heavy (non-hydrogen) atoms. The van der Waals surface area contributed by atoms with Gasteiger partial charge in [0.1, 0.15) is 5.02 Å². The van der Waals surface area contributed by atoms with Gasteiger partial charge in [-0.3, -0.25) is 4.79 Å². The molecule has 0 unspecified atom stereocenters. The molecule has 0 atom stereocenters. The first kappa shape index (κ1) is 13.5. The van der Waals surface area contributed by atoms with E-state index in [9.17, 15) is 4.79 Å². The van der Waals surface area contributed by atoms with E-state index < -0.39 is 5.91 Å². The van der Waals surface area contributed by atoms with E-state index in [0.717, 1.165) is 0 Å². The highest BCUT2D eigenvalue weighted by Crippen LogP contribution is 2.25. The number of carbonyl (C=O) groups is 1. The molecular weight excluding hydrogens is 242 g/mol. The molecule has 94 valence electrons. The van der Waals surface area contributed by atoms with Gasteiger partial charge in [0.2, 0.25) is 11.9 Å². The lowest BCUT2D eigenvalue weighted by molar-refractivity contribution is -0.116. The molecule has 0 aliphatic heterocycles. The maximum absolute atomic E-state index is 11.0. The van der Waals surface area contributed by atoms with E-state index >= 15 is 0 Å². The first-order chi connectivity index (χ1) is 7.95. The van der Waals surface area contributed by atoms with Crippen LogP contribution in [-0.4, -0.2) is 35.5 Å². The van der Waals surface area contributed by atoms with Crippen molar-refractivity contribution in [2.45, 2.75) is 19.9 Å². The van der Waals surface area contributed by atoms with Gasteiger partial charge >= 0.3 is 0 Å². The molecule has 1 aromatic rings. The van der Waals surface area contributed by atoms with Crippen LogP contribution in [0.5, 0.6) is 0 Å². The van der Waals surface area contributed by atoms with E-state index in [2.05, 4.69) is 15.3 Å². The van der Waals surface area contributed by atoms with Crippen LogP contribution >= 0.6 is 11.6 Å². The van der Waals surface area contributed by atoms with Crippen LogP contribution in [0.25, 0.3) is 0 Å². The number of nitrogens with two attached hydrogens (primary N) is 1. The minimum atomic E-state index is -0.431. The van der Waals surface area contributed by atoms with Gasteiger partial charge in [0.15, 0.2) is 5.82 Å². The minimum Gasteiger partial charge on any atom is -0.368 e. The summed E-state index contributed by atoms with van der Waals surface area (Å²) in [5.41, 5.74) is 5.21. The zero-order valence-electron chi connectivity index (χ0n) is 10.1. The zero-order valence-corrected chi connectivity index (χ0v) is 10.8. The average Bonchev–Trinajstić information content (AvgIpc) is 2.26. The standard InChI is InChI=1S/C10H16ClN5O/c1-6(2)16(5-8(12)17)9-7(11)4-14-10(13-3)15-9/h4,6H,5H2,1-3H3,(H2,12,17)(H,13,14,15). The predicted molar refractivity (Wildman–Crippen MR) is 68.3 cm³/mol. The Hall–Kier alpha value is -1.56. The predicted octanol–water partition coefficient (Wildman–Crippen LogP) is 0.872. The molecule has 7 heteroatoms. The van der Waals surface area contributed by atoms with E-state index in [1.54, 1.807) is 11.9 Å². The van der Waals surface area contributed by atoms with Crippen LogP contribution in [0.1, 0.15) is 13.8 Å². The van der Waals surface area contributed by atoms with Crippen LogP contribution in [0.4, 0.5) is 11.8 Å². The van der Waals surface area contributed by atoms with Crippen LogP contribution in [0.15, 0.2) is 6.20 Å². The summed E-state index contributed by atoms with van der Waals surface area (Å²) in [6, 6.07) is 0.0552. The summed E-state index contributed by atoms with van der Waals surface area (Å²) in [4.78, 5) is 21.0. The summed E-state index contributed by atoms with van der Waals surface area (Å²) in [6.45, 7) is 3.93. The van der Waals surface area contributed by atoms with Crippen LogP contribution < -0.4 is 16.0 Å². The van der Waals surface area contributed by atoms with Gasteiger partial charge in [-0.05, 0) is 13.8 Å². The number of rotatable bonds is 5. The maximum Gasteiger partial charge on any atom is 0.237 e. The Morgan fingerprint density at radius 2 is 2.29 bits per heavy atom. The Labute approximate surface area is 105 Å². The van der Waals surface area contributed by atoms with Gasteiger partial charge in [0, 0.05) is 13.1 Å². The lowest BCUT2D eigenvalue weighted by atomic mass is 10.3. The molecule has 0 spiro atoms. The van der Waals surface area contributed by atoms with Gasteiger partial charge in [-0.2, -0.15) is 4.98 Å². The number of hydrogen-bond donors (Lipinski definition) is 2. The molecule has 0 saturated carbocycles. The van der Waals surface area contributed by atoms with E-state index in [4.69, 9.17) is 17.3 Å². The van der Waals surface area contributed by atoms with Gasteiger partial charge in [-0.15, -0.1) is 0 Å². The number of nitrogens with zero attached hydrogens (tertiary/aromatic N) is 3. The van der Waals surface area contributed by atoms with Crippen molar-refractivity contribution in [3.05, 3.63) is 11.2 Å². The Balaban J connectivity index is 3.12. The topological polar surface area (TPSA) is 84.1 Å². The third-order valence-electron chi connectivity index (χ3n) is 2.17. The Morgan fingerprint density at radius 1 is 1.65 bits per heavy atom. The molecule has 6 nitrogen and oxygen atoms in total. The Bertz CT molecular complexity index is 410. The highest BCUT2D eigenvalue weighted by atomic mass is 35.5. The first-order valence-electron chi connectivity index (χ1n) is 5.21. The number of anilines is 2. The lowest BCUT2D eigenvalue weighted by Crippen LogP contribution is -2.39. The van der Waals surface area contributed by atoms with Gasteiger partial charge < -0.3 is 16.0 Å². The number of nitrogens with one attached hydrogen (secondary N) is 1. The van der Waals surface area contributed by atoms with E-state index in [1.807, 2.05) is 13.8 Å². The van der Waals surface area contributed by atoms with Gasteiger partial charge in [-0.25, -0.2) is 4.98 Å². The van der Waals surface area contributed by atoms with Crippen molar-refractivity contribution in [3.8, 4) is 0 Å². The normalized spacial score (nSPS) is 10.4. The quantitative estimate of drug-likeness (QED) is 0.818. The number of carbonyl (C=O) groups excluding carboxylic acids is 1. The molecule has 0 aromatic carbocycles. The number of aromatic nitrogens is 2. The smallest absolute Gasteiger partial charge is 0.237 e. The summed E-state index contributed by atoms with van der Waals surface area (Å²) in [7, 11) is 1.71. The molecule has 1 rings (SSSR count). The molecule has 1 heterocycles. The third-order valence-corrected chi connectivity index (χ3v) is 2.44. The van der Waals surface area contributed by atoms with Gasteiger partial charge in [-0.1, -0.05) is 11.6 Å². The van der Waals surface area contributed by atoms with Crippen molar-refractivity contribution in [2.75, 3.05) is 23.8 Å². The summed E-state index contributed by atoms with van der Waals surface area (Å²) in [5, 5.41) is 3.21. The molecule has 0 bridgehead atoms. The highest BCUT2D eigenvalue weighted by Gasteiger charge is 2.18. The van der Waals surface area contributed by atoms with E-state index in [1.165, 1.54) is 6.20 Å². The summed E-state index contributed by atoms with van der Waals surface area (Å²) in [6.07, 6.45) is 1.49. The van der Waals surface area contributed by atoms with Crippen molar-refractivity contribution in [1.29, 1.82) is 0 Å². The van der Waals surface area contributed by atoms with Crippen LogP contribution in [-0.2, 0) is 4.79 Å². The Morgan fingerprint density at radius 3 is 2.76 bits per heavy atom. The summed E-state index contributed by atoms with van der Waals surface area (Å²) < 4.78 is 0. The molecule has 0 saturated heterocycles. The fraction of sp³-hybridized carbons (Fsp3) is 0.500. The maximum atomic E-state index is 11.0. The zero-order chi connectivity index (χ0) is 13.0. The average molecular weight is 258 g/mol. The molecule has 0 aliphatic carbocycles. The van der Waals surface area contributed by atoms with E-state index in [0.29, 0.717) is 16.8 Å². The monoisotopic (exact) mass is 257 g/mol. The van der Waals surface area contributed by atoms with Crippen molar-refractivity contribution < 1.29 is 4.79 Å². The third kappa shape index (κ3) is 3.45. The molecule has 0 fully saturated rings. The Kier molecular flexibility index (Phi) is 4.51. The van der Waals surface area contributed by atoms with Crippen molar-refractivity contribution in [3.63, 3.8) is 0 Å². The van der Waals surface area contributed by atoms with E-state index in [-0.39, 0.29) is 12.6 Å². The summed E-state index contributed by atoms with van der Waals surface area (Å²) in [5.74, 6) is 0.513. The molecular formula is C10H16ClN5O. The second kappa shape index (κ2) is 5.67. The lowest BCUT2D eigenvalue weighted by Gasteiger charge is -2.27. The second-order valence-corrected chi connectivity index (χ2v) is 4.21. The van der Waals surface area contributed by atoms with Gasteiger partial charge in [0.05, 0.1) is 12.7 Å². The number of primary amides is 1. The van der Waals surface area contributed by atoms with Crippen LogP contribution in [0.2, 0.25) is 5.02 Å². The molecule has 0 aliphatic rings. The SMILES string of the molecule is CNc1ncc(Cl)c(N(CC(N)=O)C(C)C)n1. The molecule has 1 amide bonds. The van der Waals surface area contributed by atoms with Gasteiger partial charge in [0.25, 0.3) is 0 Å². The summed E-state index contributed by atoms with van der Waals surface area (Å²) >= 11 is 6.03. The van der Waals surface area contributed by atoms with Crippen molar-refractivity contribution in [2.24, 2.45) is 5.73 Å². The molecule has 3 N–H and O–H groups in total. The van der Waals surface area contributed by atoms with Crippen LogP contribution in [0, 0.1) is 0 Å². The first-order valence-corrected chi connectivity index (χ1v) is 5.58. The fourth-order valence-corrected chi connectivity index (χ4v) is 1.55. The minimum absolute atomic E-state index is 0.0552. The number of amides is 1. The molecule has 1 aromatic heterocycles. The second-order valence-electron chi connectivity index (χ2n) is 3.80. The number of halogens is 1. The van der Waals surface area contributed by atoms with Crippen molar-refractivity contribution in [1.82, 2.24) is 9.97 Å². The fourth-order valence-electron chi connectivity index (χ4n) is 1.35. The van der Waals surface area contributed by atoms with Crippen LogP contribution in [0.3, 0.4) is 0 Å². The largest absolute Gasteiger partial charge is 0.368 e.